The Morgan fingerprint density at radius 3 is 2.37 bits per heavy atom. The number of hydrogen-bond donors (Lipinski definition) is 1. The molecule has 1 heterocycles. The molecule has 0 spiro atoms. The molecule has 0 aliphatic rings. The number of aromatic nitrogens is 2. The minimum atomic E-state index is -0.593. The molecule has 1 atom stereocenters. The van der Waals surface area contributed by atoms with Crippen LogP contribution in [0.1, 0.15) is 27.7 Å². The van der Waals surface area contributed by atoms with E-state index in [9.17, 15) is 4.79 Å². The number of methoxy groups -OCH3 is 1. The van der Waals surface area contributed by atoms with E-state index in [0.29, 0.717) is 5.95 Å². The third-order valence-electron chi connectivity index (χ3n) is 4.47. The van der Waals surface area contributed by atoms with Crippen molar-refractivity contribution in [2.24, 2.45) is 0 Å². The minimum Gasteiger partial charge on any atom is -0.497 e. The van der Waals surface area contributed by atoms with E-state index in [1.807, 2.05) is 81.2 Å². The van der Waals surface area contributed by atoms with Gasteiger partial charge in [0.05, 0.1) is 12.6 Å². The topological polar surface area (TPSA) is 76.6 Å². The lowest BCUT2D eigenvalue weighted by Gasteiger charge is -2.24. The Labute approximate surface area is 177 Å². The predicted octanol–water partition coefficient (Wildman–Crippen LogP) is 4.55. The van der Waals surface area contributed by atoms with Crippen molar-refractivity contribution in [2.75, 3.05) is 24.4 Å². The number of benzene rings is 2. The van der Waals surface area contributed by atoms with Crippen molar-refractivity contribution in [1.82, 2.24) is 9.97 Å². The van der Waals surface area contributed by atoms with E-state index >= 15 is 0 Å². The van der Waals surface area contributed by atoms with Gasteiger partial charge in [-0.1, -0.05) is 12.1 Å². The second-order valence-corrected chi connectivity index (χ2v) is 8.04. The van der Waals surface area contributed by atoms with E-state index in [1.54, 1.807) is 14.0 Å². The van der Waals surface area contributed by atoms with Crippen LogP contribution in [0.25, 0.3) is 10.9 Å². The van der Waals surface area contributed by atoms with E-state index in [0.717, 1.165) is 28.2 Å². The van der Waals surface area contributed by atoms with Gasteiger partial charge in [0.25, 0.3) is 0 Å². The zero-order valence-corrected chi connectivity index (χ0v) is 18.3. The van der Waals surface area contributed by atoms with Gasteiger partial charge in [0, 0.05) is 18.1 Å². The molecule has 1 N–H and O–H groups in total. The van der Waals surface area contributed by atoms with Gasteiger partial charge in [0.1, 0.15) is 23.2 Å². The van der Waals surface area contributed by atoms with Gasteiger partial charge in [-0.3, -0.25) is 0 Å². The molecule has 7 heteroatoms. The highest BCUT2D eigenvalue weighted by atomic mass is 16.6. The maximum Gasteiger partial charge on any atom is 0.328 e. The van der Waals surface area contributed by atoms with Crippen LogP contribution in [0.5, 0.6) is 5.75 Å². The number of rotatable bonds is 6. The number of carbonyl (C=O) groups is 1. The lowest BCUT2D eigenvalue weighted by molar-refractivity contribution is -0.155. The van der Waals surface area contributed by atoms with Crippen LogP contribution in [0.4, 0.5) is 17.5 Å². The van der Waals surface area contributed by atoms with Gasteiger partial charge in [-0.2, -0.15) is 4.98 Å². The molecule has 7 nitrogen and oxygen atoms in total. The number of fused-ring (bicyclic) bond motifs is 1. The number of esters is 1. The van der Waals surface area contributed by atoms with Crippen molar-refractivity contribution in [3.05, 3.63) is 48.5 Å². The second-order valence-electron chi connectivity index (χ2n) is 8.04. The summed E-state index contributed by atoms with van der Waals surface area (Å²) in [5.74, 6) is 1.52. The Morgan fingerprint density at radius 1 is 1.07 bits per heavy atom. The fourth-order valence-electron chi connectivity index (χ4n) is 2.95. The molecule has 3 rings (SSSR count). The van der Waals surface area contributed by atoms with Crippen LogP contribution in [0, 0.1) is 0 Å². The van der Waals surface area contributed by atoms with Crippen molar-refractivity contribution in [2.45, 2.75) is 39.3 Å². The second kappa shape index (κ2) is 8.57. The molecular weight excluding hydrogens is 380 g/mol. The summed E-state index contributed by atoms with van der Waals surface area (Å²) in [4.78, 5) is 23.6. The number of para-hydroxylation sites is 1. The molecule has 0 aliphatic heterocycles. The van der Waals surface area contributed by atoms with E-state index in [1.165, 1.54) is 0 Å². The van der Waals surface area contributed by atoms with Crippen LogP contribution in [-0.2, 0) is 9.53 Å². The molecule has 0 bridgehead atoms. The Bertz CT molecular complexity index is 1030. The predicted molar refractivity (Wildman–Crippen MR) is 120 cm³/mol. The standard InChI is InChI=1S/C23H28N4O3/c1-15(21(28)30-23(2,3)4)24-22-25-19-10-8-7-9-18(19)20(26-22)27(5)16-11-13-17(29-6)14-12-16/h7-15H,1-6H3,(H,24,25,26). The highest BCUT2D eigenvalue weighted by molar-refractivity contribution is 5.92. The molecule has 0 radical (unpaired) electrons. The van der Waals surface area contributed by atoms with Crippen molar-refractivity contribution < 1.29 is 14.3 Å². The monoisotopic (exact) mass is 408 g/mol. The minimum absolute atomic E-state index is 0.357. The summed E-state index contributed by atoms with van der Waals surface area (Å²) in [5.41, 5.74) is 1.17. The Morgan fingerprint density at radius 2 is 1.73 bits per heavy atom. The molecule has 3 aromatic rings. The summed E-state index contributed by atoms with van der Waals surface area (Å²) in [5, 5.41) is 3.99. The van der Waals surface area contributed by atoms with Crippen molar-refractivity contribution in [3.8, 4) is 5.75 Å². The normalized spacial score (nSPS) is 12.3. The van der Waals surface area contributed by atoms with Gasteiger partial charge in [-0.15, -0.1) is 0 Å². The van der Waals surface area contributed by atoms with E-state index in [-0.39, 0.29) is 5.97 Å². The zero-order valence-electron chi connectivity index (χ0n) is 18.3. The van der Waals surface area contributed by atoms with Crippen molar-refractivity contribution in [1.29, 1.82) is 0 Å². The quantitative estimate of drug-likeness (QED) is 0.600. The molecule has 158 valence electrons. The number of nitrogens with zero attached hydrogens (tertiary/aromatic N) is 3. The van der Waals surface area contributed by atoms with E-state index < -0.39 is 11.6 Å². The number of anilines is 3. The van der Waals surface area contributed by atoms with Crippen molar-refractivity contribution >= 4 is 34.3 Å². The number of nitrogens with one attached hydrogen (secondary N) is 1. The van der Waals surface area contributed by atoms with Crippen LogP contribution in [0.3, 0.4) is 0 Å². The van der Waals surface area contributed by atoms with E-state index in [2.05, 4.69) is 10.3 Å². The summed E-state index contributed by atoms with van der Waals surface area (Å²) in [6, 6.07) is 14.9. The molecular formula is C23H28N4O3. The number of carbonyl (C=O) groups excluding carboxylic acids is 1. The lowest BCUT2D eigenvalue weighted by Crippen LogP contribution is -2.35. The van der Waals surface area contributed by atoms with Gasteiger partial charge < -0.3 is 19.7 Å². The molecule has 0 fully saturated rings. The van der Waals surface area contributed by atoms with Gasteiger partial charge >= 0.3 is 5.97 Å². The SMILES string of the molecule is COc1ccc(N(C)c2nc(NC(C)C(=O)OC(C)(C)C)nc3ccccc23)cc1. The van der Waals surface area contributed by atoms with Crippen molar-refractivity contribution in [3.63, 3.8) is 0 Å². The van der Waals surface area contributed by atoms with Gasteiger partial charge in [-0.05, 0) is 64.1 Å². The molecule has 30 heavy (non-hydrogen) atoms. The molecule has 1 unspecified atom stereocenters. The number of ether oxygens (including phenoxy) is 2. The summed E-state index contributed by atoms with van der Waals surface area (Å²) < 4.78 is 10.7. The first-order chi connectivity index (χ1) is 14.2. The number of hydrogen-bond acceptors (Lipinski definition) is 7. The summed E-state index contributed by atoms with van der Waals surface area (Å²) in [7, 11) is 3.58. The first-order valence-electron chi connectivity index (χ1n) is 9.82. The van der Waals surface area contributed by atoms with E-state index in [4.69, 9.17) is 14.5 Å². The summed E-state index contributed by atoms with van der Waals surface area (Å²) in [6.07, 6.45) is 0. The Kier molecular flexibility index (Phi) is 6.10. The molecule has 0 amide bonds. The van der Waals surface area contributed by atoms with Gasteiger partial charge in [0.2, 0.25) is 5.95 Å². The maximum absolute atomic E-state index is 12.4. The fraction of sp³-hybridized carbons (Fsp3) is 0.348. The summed E-state index contributed by atoms with van der Waals surface area (Å²) >= 11 is 0. The first-order valence-corrected chi connectivity index (χ1v) is 9.82. The van der Waals surface area contributed by atoms with Crippen LogP contribution < -0.4 is 15.0 Å². The zero-order chi connectivity index (χ0) is 21.9. The third kappa shape index (κ3) is 4.97. The Balaban J connectivity index is 1.95. The smallest absolute Gasteiger partial charge is 0.328 e. The fourth-order valence-corrected chi connectivity index (χ4v) is 2.95. The lowest BCUT2D eigenvalue weighted by atomic mass is 10.2. The highest BCUT2D eigenvalue weighted by Crippen LogP contribution is 2.30. The molecule has 0 saturated carbocycles. The molecule has 1 aromatic heterocycles. The van der Waals surface area contributed by atoms with Crippen LogP contribution >= 0.6 is 0 Å². The average Bonchev–Trinajstić information content (AvgIpc) is 2.71. The maximum atomic E-state index is 12.4. The summed E-state index contributed by atoms with van der Waals surface area (Å²) in [6.45, 7) is 7.25. The average molecular weight is 409 g/mol. The van der Waals surface area contributed by atoms with Gasteiger partial charge in [0.15, 0.2) is 0 Å². The first kappa shape index (κ1) is 21.4. The highest BCUT2D eigenvalue weighted by Gasteiger charge is 2.23. The van der Waals surface area contributed by atoms with Gasteiger partial charge in [-0.25, -0.2) is 9.78 Å². The largest absolute Gasteiger partial charge is 0.497 e. The Hall–Kier alpha value is -3.35. The van der Waals surface area contributed by atoms with Crippen LogP contribution in [0.15, 0.2) is 48.5 Å². The molecule has 0 saturated heterocycles. The molecule has 2 aromatic carbocycles. The van der Waals surface area contributed by atoms with Crippen LogP contribution in [-0.4, -0.2) is 41.7 Å². The van der Waals surface area contributed by atoms with Crippen LogP contribution in [0.2, 0.25) is 0 Å². The molecule has 0 aliphatic carbocycles. The third-order valence-corrected chi connectivity index (χ3v) is 4.47.